The van der Waals surface area contributed by atoms with Gasteiger partial charge in [0.1, 0.15) is 5.75 Å². The molecule has 0 spiro atoms. The summed E-state index contributed by atoms with van der Waals surface area (Å²) in [5, 5.41) is 3.86. The molecule has 2 rings (SSSR count). The van der Waals surface area contributed by atoms with Crippen LogP contribution >= 0.6 is 11.6 Å². The molecule has 0 aliphatic carbocycles. The monoisotopic (exact) mass is 276 g/mol. The highest BCUT2D eigenvalue weighted by atomic mass is 35.5. The Bertz CT molecular complexity index is 558. The zero-order chi connectivity index (χ0) is 13.7. The van der Waals surface area contributed by atoms with Gasteiger partial charge in [0.2, 0.25) is 0 Å². The third kappa shape index (κ3) is 3.55. The van der Waals surface area contributed by atoms with Gasteiger partial charge in [0.25, 0.3) is 0 Å². The summed E-state index contributed by atoms with van der Waals surface area (Å²) in [7, 11) is 1.67. The first kappa shape index (κ1) is 13.6. The lowest BCUT2D eigenvalue weighted by molar-refractivity contribution is 0.414. The van der Waals surface area contributed by atoms with Crippen molar-refractivity contribution in [3.8, 4) is 5.75 Å². The molecule has 0 saturated heterocycles. The quantitative estimate of drug-likeness (QED) is 0.821. The first-order chi connectivity index (χ1) is 9.20. The van der Waals surface area contributed by atoms with E-state index in [4.69, 9.17) is 22.1 Å². The number of nitrogen functional groups attached to an aromatic ring is 1. The lowest BCUT2D eigenvalue weighted by Gasteiger charge is -2.10. The fraction of sp³-hybridized carbons (Fsp3) is 0.200. The number of nitrogens with two attached hydrogens (primary N) is 1. The van der Waals surface area contributed by atoms with Crippen LogP contribution in [0.4, 0.5) is 11.4 Å². The summed E-state index contributed by atoms with van der Waals surface area (Å²) in [6.07, 6.45) is 0.892. The zero-order valence-electron chi connectivity index (χ0n) is 10.8. The van der Waals surface area contributed by atoms with Crippen molar-refractivity contribution < 1.29 is 4.74 Å². The van der Waals surface area contributed by atoms with Gasteiger partial charge in [-0.15, -0.1) is 0 Å². The average molecular weight is 277 g/mol. The van der Waals surface area contributed by atoms with Crippen LogP contribution in [0.15, 0.2) is 42.5 Å². The average Bonchev–Trinajstić information content (AvgIpc) is 2.44. The van der Waals surface area contributed by atoms with E-state index < -0.39 is 0 Å². The van der Waals surface area contributed by atoms with Crippen molar-refractivity contribution in [3.63, 3.8) is 0 Å². The van der Waals surface area contributed by atoms with Gasteiger partial charge in [0.05, 0.1) is 23.5 Å². The Labute approximate surface area is 118 Å². The molecule has 0 radical (unpaired) electrons. The summed E-state index contributed by atoms with van der Waals surface area (Å²) in [5.41, 5.74) is 8.57. The molecule has 0 amide bonds. The lowest BCUT2D eigenvalue weighted by atomic mass is 10.1. The van der Waals surface area contributed by atoms with E-state index in [-0.39, 0.29) is 0 Å². The SMILES string of the molecule is COc1cccc(CCNc2cccc(Cl)c2N)c1. The fourth-order valence-corrected chi connectivity index (χ4v) is 2.04. The van der Waals surface area contributed by atoms with Gasteiger partial charge in [0, 0.05) is 6.54 Å². The van der Waals surface area contributed by atoms with E-state index >= 15 is 0 Å². The Morgan fingerprint density at radius 2 is 2.00 bits per heavy atom. The number of para-hydroxylation sites is 1. The minimum absolute atomic E-state index is 0.575. The number of benzene rings is 2. The van der Waals surface area contributed by atoms with Crippen molar-refractivity contribution in [1.29, 1.82) is 0 Å². The van der Waals surface area contributed by atoms with Gasteiger partial charge in [0.15, 0.2) is 0 Å². The normalized spacial score (nSPS) is 10.2. The molecule has 3 N–H and O–H groups in total. The highest BCUT2D eigenvalue weighted by molar-refractivity contribution is 6.33. The summed E-state index contributed by atoms with van der Waals surface area (Å²) >= 11 is 5.97. The molecule has 100 valence electrons. The molecule has 0 bridgehead atoms. The van der Waals surface area contributed by atoms with Crippen LogP contribution in [0.2, 0.25) is 5.02 Å². The number of halogens is 1. The Morgan fingerprint density at radius 1 is 1.21 bits per heavy atom. The number of ether oxygens (including phenoxy) is 1. The van der Waals surface area contributed by atoms with Gasteiger partial charge >= 0.3 is 0 Å². The second kappa shape index (κ2) is 6.34. The fourth-order valence-electron chi connectivity index (χ4n) is 1.86. The maximum atomic E-state index is 5.97. The predicted octanol–water partition coefficient (Wildman–Crippen LogP) is 3.59. The van der Waals surface area contributed by atoms with Crippen LogP contribution in [0, 0.1) is 0 Å². The first-order valence-corrected chi connectivity index (χ1v) is 6.49. The Morgan fingerprint density at radius 3 is 2.79 bits per heavy atom. The minimum Gasteiger partial charge on any atom is -0.497 e. The van der Waals surface area contributed by atoms with Gasteiger partial charge in [-0.2, -0.15) is 0 Å². The van der Waals surface area contributed by atoms with Crippen molar-refractivity contribution in [3.05, 3.63) is 53.1 Å². The van der Waals surface area contributed by atoms with Crippen LogP contribution < -0.4 is 15.8 Å². The summed E-state index contributed by atoms with van der Waals surface area (Å²) < 4.78 is 5.20. The largest absolute Gasteiger partial charge is 0.497 e. The van der Waals surface area contributed by atoms with Gasteiger partial charge in [-0.25, -0.2) is 0 Å². The molecule has 0 aliphatic heterocycles. The second-order valence-electron chi connectivity index (χ2n) is 4.23. The van der Waals surface area contributed by atoms with Gasteiger partial charge in [-0.1, -0.05) is 29.8 Å². The van der Waals surface area contributed by atoms with Crippen molar-refractivity contribution in [2.24, 2.45) is 0 Å². The number of rotatable bonds is 5. The zero-order valence-corrected chi connectivity index (χ0v) is 11.6. The van der Waals surface area contributed by atoms with Crippen LogP contribution in [0.5, 0.6) is 5.75 Å². The molecule has 0 aromatic heterocycles. The van der Waals surface area contributed by atoms with Gasteiger partial charge in [-0.3, -0.25) is 0 Å². The number of nitrogens with one attached hydrogen (secondary N) is 1. The highest BCUT2D eigenvalue weighted by Crippen LogP contribution is 2.26. The van der Waals surface area contributed by atoms with Gasteiger partial charge in [-0.05, 0) is 36.2 Å². The number of anilines is 2. The molecule has 0 atom stereocenters. The molecule has 3 nitrogen and oxygen atoms in total. The van der Waals surface area contributed by atoms with E-state index in [2.05, 4.69) is 11.4 Å². The minimum atomic E-state index is 0.575. The third-order valence-corrected chi connectivity index (χ3v) is 3.25. The van der Waals surface area contributed by atoms with Crippen LogP contribution in [0.1, 0.15) is 5.56 Å². The van der Waals surface area contributed by atoms with E-state index in [9.17, 15) is 0 Å². The molecule has 4 heteroatoms. The summed E-state index contributed by atoms with van der Waals surface area (Å²) in [5.74, 6) is 0.875. The van der Waals surface area contributed by atoms with Crippen molar-refractivity contribution in [1.82, 2.24) is 0 Å². The molecule has 0 unspecified atom stereocenters. The third-order valence-electron chi connectivity index (χ3n) is 2.92. The molecule has 19 heavy (non-hydrogen) atoms. The molecule has 2 aromatic rings. The van der Waals surface area contributed by atoms with Crippen molar-refractivity contribution >= 4 is 23.0 Å². The Hall–Kier alpha value is -1.87. The predicted molar refractivity (Wildman–Crippen MR) is 81.1 cm³/mol. The molecule has 0 saturated carbocycles. The maximum absolute atomic E-state index is 5.97. The van der Waals surface area contributed by atoms with E-state index in [0.717, 1.165) is 24.4 Å². The van der Waals surface area contributed by atoms with E-state index in [1.807, 2.05) is 30.3 Å². The van der Waals surface area contributed by atoms with Crippen LogP contribution in [0.3, 0.4) is 0 Å². The maximum Gasteiger partial charge on any atom is 0.119 e. The lowest BCUT2D eigenvalue weighted by Crippen LogP contribution is -2.07. The Kier molecular flexibility index (Phi) is 4.53. The molecule has 0 heterocycles. The van der Waals surface area contributed by atoms with Crippen molar-refractivity contribution in [2.75, 3.05) is 24.7 Å². The number of methoxy groups -OCH3 is 1. The van der Waals surface area contributed by atoms with Crippen LogP contribution in [-0.4, -0.2) is 13.7 Å². The standard InChI is InChI=1S/C15H17ClN2O/c1-19-12-5-2-4-11(10-12)8-9-18-14-7-3-6-13(16)15(14)17/h2-7,10,18H,8-9,17H2,1H3. The second-order valence-corrected chi connectivity index (χ2v) is 4.64. The van der Waals surface area contributed by atoms with Crippen molar-refractivity contribution in [2.45, 2.75) is 6.42 Å². The number of hydrogen-bond acceptors (Lipinski definition) is 3. The van der Waals surface area contributed by atoms with Crippen LogP contribution in [0.25, 0.3) is 0 Å². The van der Waals surface area contributed by atoms with Gasteiger partial charge < -0.3 is 15.8 Å². The molecular formula is C15H17ClN2O. The first-order valence-electron chi connectivity index (χ1n) is 6.11. The van der Waals surface area contributed by atoms with Crippen LogP contribution in [-0.2, 0) is 6.42 Å². The summed E-state index contributed by atoms with van der Waals surface area (Å²) in [4.78, 5) is 0. The highest BCUT2D eigenvalue weighted by Gasteiger charge is 2.02. The van der Waals surface area contributed by atoms with E-state index in [0.29, 0.717) is 10.7 Å². The van der Waals surface area contributed by atoms with E-state index in [1.165, 1.54) is 5.56 Å². The molecule has 2 aromatic carbocycles. The Balaban J connectivity index is 1.94. The van der Waals surface area contributed by atoms with E-state index in [1.54, 1.807) is 13.2 Å². The molecular weight excluding hydrogens is 260 g/mol. The molecule has 0 aliphatic rings. The summed E-state index contributed by atoms with van der Waals surface area (Å²) in [6.45, 7) is 0.789. The molecule has 0 fully saturated rings. The number of hydrogen-bond donors (Lipinski definition) is 2. The topological polar surface area (TPSA) is 47.3 Å². The summed E-state index contributed by atoms with van der Waals surface area (Å²) in [6, 6.07) is 13.6. The smallest absolute Gasteiger partial charge is 0.119 e.